The Morgan fingerprint density at radius 2 is 1.96 bits per heavy atom. The molecule has 2 N–H and O–H groups in total. The average Bonchev–Trinajstić information content (AvgIpc) is 3.21. The van der Waals surface area contributed by atoms with E-state index >= 15 is 0 Å². The second kappa shape index (κ2) is 8.49. The van der Waals surface area contributed by atoms with Crippen LogP contribution in [0.15, 0.2) is 47.5 Å². The van der Waals surface area contributed by atoms with Gasteiger partial charge in [0.2, 0.25) is 10.0 Å². The van der Waals surface area contributed by atoms with Crippen molar-refractivity contribution >= 4 is 21.7 Å². The zero-order chi connectivity index (χ0) is 19.3. The van der Waals surface area contributed by atoms with Crippen LogP contribution in [0.3, 0.4) is 0 Å². The van der Waals surface area contributed by atoms with E-state index in [4.69, 9.17) is 0 Å². The Morgan fingerprint density at radius 1 is 1.19 bits per heavy atom. The van der Waals surface area contributed by atoms with Gasteiger partial charge in [0.15, 0.2) is 0 Å². The fourth-order valence-electron chi connectivity index (χ4n) is 3.05. The lowest BCUT2D eigenvalue weighted by molar-refractivity contribution is 0.0950. The number of amides is 1. The first-order chi connectivity index (χ1) is 13.0. The number of nitrogens with one attached hydrogen (secondary N) is 2. The van der Waals surface area contributed by atoms with Crippen LogP contribution in [0.4, 0.5) is 5.82 Å². The maximum atomic E-state index is 12.4. The number of carbonyl (C=O) groups excluding carboxylic acids is 1. The molecule has 1 saturated heterocycles. The normalized spacial score (nSPS) is 14.3. The Kier molecular flexibility index (Phi) is 6.08. The van der Waals surface area contributed by atoms with E-state index in [1.54, 1.807) is 25.3 Å². The van der Waals surface area contributed by atoms with Crippen molar-refractivity contribution in [1.29, 1.82) is 0 Å². The van der Waals surface area contributed by atoms with Crippen LogP contribution < -0.4 is 14.9 Å². The molecule has 1 aliphatic rings. The highest BCUT2D eigenvalue weighted by atomic mass is 32.2. The van der Waals surface area contributed by atoms with Crippen molar-refractivity contribution in [1.82, 2.24) is 15.0 Å². The summed E-state index contributed by atoms with van der Waals surface area (Å²) < 4.78 is 26.6. The van der Waals surface area contributed by atoms with Crippen LogP contribution in [0.1, 0.15) is 35.7 Å². The van der Waals surface area contributed by atoms with Crippen molar-refractivity contribution in [3.05, 3.63) is 53.7 Å². The van der Waals surface area contributed by atoms with Gasteiger partial charge in [-0.1, -0.05) is 13.0 Å². The van der Waals surface area contributed by atoms with Crippen LogP contribution in [-0.2, 0) is 16.6 Å². The maximum absolute atomic E-state index is 12.4. The van der Waals surface area contributed by atoms with E-state index in [9.17, 15) is 13.2 Å². The average molecular weight is 388 g/mol. The first-order valence-electron chi connectivity index (χ1n) is 9.07. The molecule has 27 heavy (non-hydrogen) atoms. The summed E-state index contributed by atoms with van der Waals surface area (Å²) in [7, 11) is -3.59. The van der Waals surface area contributed by atoms with Gasteiger partial charge >= 0.3 is 0 Å². The van der Waals surface area contributed by atoms with E-state index in [-0.39, 0.29) is 10.8 Å². The van der Waals surface area contributed by atoms with Crippen LogP contribution in [0, 0.1) is 0 Å². The quantitative estimate of drug-likeness (QED) is 0.756. The van der Waals surface area contributed by atoms with Gasteiger partial charge < -0.3 is 10.2 Å². The largest absolute Gasteiger partial charge is 0.357 e. The van der Waals surface area contributed by atoms with Crippen molar-refractivity contribution in [2.24, 2.45) is 0 Å². The highest BCUT2D eigenvalue weighted by molar-refractivity contribution is 7.89. The molecule has 2 aromatic rings. The van der Waals surface area contributed by atoms with E-state index in [2.05, 4.69) is 19.9 Å². The topological polar surface area (TPSA) is 91.4 Å². The van der Waals surface area contributed by atoms with Crippen LogP contribution in [0.2, 0.25) is 0 Å². The minimum atomic E-state index is -3.59. The number of rotatable bonds is 7. The molecule has 0 atom stereocenters. The van der Waals surface area contributed by atoms with Gasteiger partial charge in [-0.05, 0) is 48.7 Å². The Labute approximate surface area is 159 Å². The first kappa shape index (κ1) is 19.3. The second-order valence-electron chi connectivity index (χ2n) is 6.43. The molecule has 0 saturated carbocycles. The minimum Gasteiger partial charge on any atom is -0.357 e. The number of nitrogens with zero attached hydrogens (tertiary/aromatic N) is 2. The summed E-state index contributed by atoms with van der Waals surface area (Å²) in [6, 6.07) is 9.87. The molecular formula is C19H24N4O3S. The Balaban J connectivity index is 1.67. The smallest absolute Gasteiger partial charge is 0.251 e. The monoisotopic (exact) mass is 388 g/mol. The van der Waals surface area contributed by atoms with Crippen LogP contribution in [0.5, 0.6) is 0 Å². The van der Waals surface area contributed by atoms with Gasteiger partial charge in [0.25, 0.3) is 5.91 Å². The molecule has 1 fully saturated rings. The third-order valence-corrected chi connectivity index (χ3v) is 5.98. The summed E-state index contributed by atoms with van der Waals surface area (Å²) in [6.07, 6.45) is 4.10. The molecule has 7 nitrogen and oxygen atoms in total. The summed E-state index contributed by atoms with van der Waals surface area (Å²) in [5, 5.41) is 2.84. The first-order valence-corrected chi connectivity index (χ1v) is 10.6. The number of hydrogen-bond acceptors (Lipinski definition) is 5. The number of pyridine rings is 1. The van der Waals surface area contributed by atoms with Crippen LogP contribution >= 0.6 is 0 Å². The predicted molar refractivity (Wildman–Crippen MR) is 104 cm³/mol. The van der Waals surface area contributed by atoms with Crippen LogP contribution in [-0.4, -0.2) is 38.9 Å². The summed E-state index contributed by atoms with van der Waals surface area (Å²) in [6.45, 7) is 4.37. The number of aromatic nitrogens is 1. The van der Waals surface area contributed by atoms with Crippen molar-refractivity contribution in [2.45, 2.75) is 31.2 Å². The number of anilines is 1. The lowest BCUT2D eigenvalue weighted by atomic mass is 10.2. The zero-order valence-corrected chi connectivity index (χ0v) is 16.1. The Morgan fingerprint density at radius 3 is 2.70 bits per heavy atom. The minimum absolute atomic E-state index is 0.0808. The number of carbonyl (C=O) groups is 1. The van der Waals surface area contributed by atoms with Gasteiger partial charge in [-0.2, -0.15) is 0 Å². The van der Waals surface area contributed by atoms with E-state index in [1.165, 1.54) is 25.0 Å². The third kappa shape index (κ3) is 4.84. The van der Waals surface area contributed by atoms with E-state index in [0.717, 1.165) is 24.5 Å². The van der Waals surface area contributed by atoms with E-state index in [1.807, 2.05) is 12.1 Å². The van der Waals surface area contributed by atoms with Gasteiger partial charge in [0.1, 0.15) is 5.82 Å². The van der Waals surface area contributed by atoms with E-state index in [0.29, 0.717) is 18.7 Å². The van der Waals surface area contributed by atoms with Gasteiger partial charge in [0, 0.05) is 37.9 Å². The molecule has 8 heteroatoms. The summed E-state index contributed by atoms with van der Waals surface area (Å²) in [5.41, 5.74) is 1.26. The highest BCUT2D eigenvalue weighted by Crippen LogP contribution is 2.18. The second-order valence-corrected chi connectivity index (χ2v) is 8.20. The molecule has 144 valence electrons. The van der Waals surface area contributed by atoms with Crippen LogP contribution in [0.25, 0.3) is 0 Å². The summed E-state index contributed by atoms with van der Waals surface area (Å²) in [4.78, 5) is 19.2. The SMILES string of the molecule is CCNS(=O)(=O)c1cccc(C(=O)NCc2ccnc(N3CCCC3)c2)c1. The van der Waals surface area contributed by atoms with Gasteiger partial charge in [-0.25, -0.2) is 18.1 Å². The van der Waals surface area contributed by atoms with Crippen molar-refractivity contribution in [3.8, 4) is 0 Å². The maximum Gasteiger partial charge on any atom is 0.251 e. The van der Waals surface area contributed by atoms with Gasteiger partial charge in [0.05, 0.1) is 4.90 Å². The molecule has 1 aliphatic heterocycles. The summed E-state index contributed by atoms with van der Waals surface area (Å²) >= 11 is 0. The Bertz CT molecular complexity index is 909. The number of benzene rings is 1. The highest BCUT2D eigenvalue weighted by Gasteiger charge is 2.16. The predicted octanol–water partition coefficient (Wildman–Crippen LogP) is 1.91. The zero-order valence-electron chi connectivity index (χ0n) is 15.3. The molecule has 2 heterocycles. The Hall–Kier alpha value is -2.45. The van der Waals surface area contributed by atoms with Gasteiger partial charge in [-0.3, -0.25) is 4.79 Å². The molecule has 1 aromatic heterocycles. The fourth-order valence-corrected chi connectivity index (χ4v) is 4.14. The molecule has 1 aromatic carbocycles. The number of sulfonamides is 1. The molecule has 0 spiro atoms. The lowest BCUT2D eigenvalue weighted by Crippen LogP contribution is -2.25. The van der Waals surface area contributed by atoms with Crippen molar-refractivity contribution in [3.63, 3.8) is 0 Å². The molecule has 0 aliphatic carbocycles. The molecule has 0 bridgehead atoms. The van der Waals surface area contributed by atoms with Crippen molar-refractivity contribution in [2.75, 3.05) is 24.5 Å². The number of hydrogen-bond donors (Lipinski definition) is 2. The van der Waals surface area contributed by atoms with E-state index < -0.39 is 10.0 Å². The molecule has 1 amide bonds. The molecule has 0 radical (unpaired) electrons. The summed E-state index contributed by atoms with van der Waals surface area (Å²) in [5.74, 6) is 0.612. The molecular weight excluding hydrogens is 364 g/mol. The van der Waals surface area contributed by atoms with Gasteiger partial charge in [-0.15, -0.1) is 0 Å². The standard InChI is InChI=1S/C19H24N4O3S/c1-2-22-27(25,26)17-7-5-6-16(13-17)19(24)21-14-15-8-9-20-18(12-15)23-10-3-4-11-23/h5-9,12-13,22H,2-4,10-11,14H2,1H3,(H,21,24). The molecule has 3 rings (SSSR count). The fraction of sp³-hybridized carbons (Fsp3) is 0.368. The lowest BCUT2D eigenvalue weighted by Gasteiger charge is -2.17. The third-order valence-electron chi connectivity index (χ3n) is 4.43. The molecule has 0 unspecified atom stereocenters. The van der Waals surface area contributed by atoms with Crippen molar-refractivity contribution < 1.29 is 13.2 Å².